The monoisotopic (exact) mass is 568 g/mol. The maximum atomic E-state index is 15.3. The first-order chi connectivity index (χ1) is 18.8. The molecule has 1 atom stereocenters. The predicted molar refractivity (Wildman–Crippen MR) is 148 cm³/mol. The van der Waals surface area contributed by atoms with Crippen LogP contribution in [0.15, 0.2) is 71.9 Å². The van der Waals surface area contributed by atoms with Gasteiger partial charge in [-0.3, -0.25) is 4.72 Å². The van der Waals surface area contributed by atoms with Crippen molar-refractivity contribution in [3.05, 3.63) is 83.4 Å². The molecule has 0 spiro atoms. The lowest BCUT2D eigenvalue weighted by molar-refractivity contribution is 0.426. The van der Waals surface area contributed by atoms with Gasteiger partial charge in [-0.25, -0.2) is 27.8 Å². The number of nitrogens with one attached hydrogen (secondary N) is 3. The average molecular weight is 569 g/mol. The van der Waals surface area contributed by atoms with Gasteiger partial charge in [0.1, 0.15) is 4.90 Å². The molecule has 3 N–H and O–H groups in total. The van der Waals surface area contributed by atoms with E-state index in [4.69, 9.17) is 16.3 Å². The molecule has 1 fully saturated rings. The maximum absolute atomic E-state index is 15.3. The molecule has 0 amide bonds. The van der Waals surface area contributed by atoms with Gasteiger partial charge >= 0.3 is 0 Å². The van der Waals surface area contributed by atoms with Gasteiger partial charge in [0.2, 0.25) is 11.8 Å². The number of sulfonamides is 1. The molecule has 0 radical (unpaired) electrons. The zero-order chi connectivity index (χ0) is 27.4. The lowest BCUT2D eigenvalue weighted by atomic mass is 10.1. The van der Waals surface area contributed by atoms with Crippen molar-refractivity contribution < 1.29 is 17.5 Å². The number of hydrogen-bond donors (Lipinski definition) is 3. The molecule has 0 unspecified atom stereocenters. The first-order valence-electron chi connectivity index (χ1n) is 12.3. The summed E-state index contributed by atoms with van der Waals surface area (Å²) in [5.74, 6) is -0.226. The molecule has 202 valence electrons. The molecule has 0 bridgehead atoms. The molecule has 0 aliphatic carbocycles. The first kappa shape index (κ1) is 26.8. The van der Waals surface area contributed by atoms with Crippen molar-refractivity contribution in [2.45, 2.75) is 30.7 Å². The van der Waals surface area contributed by atoms with E-state index in [1.807, 2.05) is 0 Å². The van der Waals surface area contributed by atoms with Crippen LogP contribution in [0.4, 0.5) is 16.0 Å². The third-order valence-corrected chi connectivity index (χ3v) is 8.02. The summed E-state index contributed by atoms with van der Waals surface area (Å²) in [4.78, 5) is 13.1. The number of halogens is 2. The second-order valence-corrected chi connectivity index (χ2v) is 11.1. The molecule has 9 nitrogen and oxygen atoms in total. The lowest BCUT2D eigenvalue weighted by Crippen LogP contribution is -2.38. The predicted octanol–water partition coefficient (Wildman–Crippen LogP) is 5.40. The fraction of sp³-hybridized carbons (Fsp3) is 0.222. The highest BCUT2D eigenvalue weighted by atomic mass is 35.5. The van der Waals surface area contributed by atoms with Crippen LogP contribution in [0.3, 0.4) is 0 Å². The van der Waals surface area contributed by atoms with Crippen LogP contribution in [-0.2, 0) is 10.0 Å². The minimum absolute atomic E-state index is 0.0298. The normalized spacial score (nSPS) is 15.5. The Labute approximate surface area is 230 Å². The summed E-state index contributed by atoms with van der Waals surface area (Å²) in [5, 5.41) is 6.75. The molecule has 2 aromatic carbocycles. The zero-order valence-electron chi connectivity index (χ0n) is 21.0. The Morgan fingerprint density at radius 1 is 1.10 bits per heavy atom. The number of hydrogen-bond acceptors (Lipinski definition) is 8. The lowest BCUT2D eigenvalue weighted by Gasteiger charge is -2.23. The number of rotatable bonds is 8. The van der Waals surface area contributed by atoms with Gasteiger partial charge in [-0.2, -0.15) is 0 Å². The van der Waals surface area contributed by atoms with Crippen molar-refractivity contribution in [2.24, 2.45) is 0 Å². The van der Waals surface area contributed by atoms with Gasteiger partial charge in [0, 0.05) is 31.0 Å². The van der Waals surface area contributed by atoms with E-state index in [0.29, 0.717) is 22.8 Å². The van der Waals surface area contributed by atoms with Crippen LogP contribution in [0.2, 0.25) is 5.02 Å². The molecule has 1 aliphatic rings. The van der Waals surface area contributed by atoms with Crippen LogP contribution in [0.1, 0.15) is 18.4 Å². The minimum Gasteiger partial charge on any atom is -0.435 e. The number of aromatic nitrogens is 3. The molecule has 4 aromatic rings. The number of anilines is 2. The van der Waals surface area contributed by atoms with Gasteiger partial charge in [-0.15, -0.1) is 0 Å². The van der Waals surface area contributed by atoms with Crippen molar-refractivity contribution in [1.29, 1.82) is 0 Å². The molecule has 5 rings (SSSR count). The molecular weight excluding hydrogens is 543 g/mol. The summed E-state index contributed by atoms with van der Waals surface area (Å²) in [6, 6.07) is 14.0. The van der Waals surface area contributed by atoms with E-state index in [2.05, 4.69) is 30.3 Å². The number of pyridine rings is 1. The fourth-order valence-electron chi connectivity index (χ4n) is 4.29. The number of nitrogens with zero attached hydrogens (tertiary/aromatic N) is 3. The topological polar surface area (TPSA) is 118 Å². The SMILES string of the molecule is Cc1cc(NS(=O)(=O)c2ccccc2Cl)cc(F)c1Oc1ncccc1-c1ccnc(N[C@H]2CCCNC2)n1. The third kappa shape index (κ3) is 6.27. The largest absolute Gasteiger partial charge is 0.435 e. The Hall–Kier alpha value is -3.80. The number of aryl methyl sites for hydroxylation is 1. The van der Waals surface area contributed by atoms with Gasteiger partial charge in [-0.1, -0.05) is 23.7 Å². The molecule has 0 saturated carbocycles. The highest BCUT2D eigenvalue weighted by molar-refractivity contribution is 7.92. The maximum Gasteiger partial charge on any atom is 0.263 e. The Kier molecular flexibility index (Phi) is 7.92. The van der Waals surface area contributed by atoms with Crippen LogP contribution >= 0.6 is 11.6 Å². The van der Waals surface area contributed by atoms with Crippen LogP contribution < -0.4 is 20.1 Å². The Morgan fingerprint density at radius 2 is 1.95 bits per heavy atom. The third-order valence-electron chi connectivity index (χ3n) is 6.14. The smallest absolute Gasteiger partial charge is 0.263 e. The zero-order valence-corrected chi connectivity index (χ0v) is 22.6. The number of piperidine rings is 1. The first-order valence-corrected chi connectivity index (χ1v) is 14.2. The minimum atomic E-state index is -4.03. The molecule has 2 aromatic heterocycles. The summed E-state index contributed by atoms with van der Waals surface area (Å²) in [7, 11) is -4.03. The van der Waals surface area contributed by atoms with Crippen molar-refractivity contribution in [2.75, 3.05) is 23.1 Å². The fourth-order valence-corrected chi connectivity index (χ4v) is 5.85. The molecular formula is C27H26ClFN6O3S. The van der Waals surface area contributed by atoms with Crippen molar-refractivity contribution >= 4 is 33.3 Å². The number of ether oxygens (including phenoxy) is 1. The van der Waals surface area contributed by atoms with Gasteiger partial charge in [0.25, 0.3) is 10.0 Å². The van der Waals surface area contributed by atoms with Gasteiger partial charge in [-0.05, 0) is 68.3 Å². The summed E-state index contributed by atoms with van der Waals surface area (Å²) in [6.07, 6.45) is 5.27. The van der Waals surface area contributed by atoms with E-state index in [-0.39, 0.29) is 33.3 Å². The van der Waals surface area contributed by atoms with Crippen LogP contribution in [0.25, 0.3) is 11.3 Å². The van der Waals surface area contributed by atoms with Crippen molar-refractivity contribution in [3.8, 4) is 22.9 Å². The van der Waals surface area contributed by atoms with E-state index in [1.165, 1.54) is 24.4 Å². The summed E-state index contributed by atoms with van der Waals surface area (Å²) in [5.41, 5.74) is 1.49. The molecule has 1 aliphatic heterocycles. The molecule has 3 heterocycles. The van der Waals surface area contributed by atoms with Gasteiger partial charge < -0.3 is 15.4 Å². The molecule has 39 heavy (non-hydrogen) atoms. The highest BCUT2D eigenvalue weighted by Gasteiger charge is 2.21. The Morgan fingerprint density at radius 3 is 2.72 bits per heavy atom. The summed E-state index contributed by atoms with van der Waals surface area (Å²) >= 11 is 6.04. The second-order valence-electron chi connectivity index (χ2n) is 9.05. The Balaban J connectivity index is 1.39. The van der Waals surface area contributed by atoms with E-state index < -0.39 is 15.8 Å². The standard InChI is InChI=1S/C27H26ClFN6O3S/c1-17-14-19(35-39(36,37)24-9-3-2-8-21(24)28)15-22(29)25(17)38-26-20(7-5-12-31-26)23-10-13-32-27(34-23)33-18-6-4-11-30-16-18/h2-3,5,7-10,12-15,18,30,35H,4,6,11,16H2,1H3,(H,32,33,34)/t18-/m0/s1. The van der Waals surface area contributed by atoms with Crippen LogP contribution in [0.5, 0.6) is 11.6 Å². The van der Waals surface area contributed by atoms with E-state index in [9.17, 15) is 8.42 Å². The summed E-state index contributed by atoms with van der Waals surface area (Å²) in [6.45, 7) is 3.44. The van der Waals surface area contributed by atoms with Crippen LogP contribution in [0, 0.1) is 12.7 Å². The highest BCUT2D eigenvalue weighted by Crippen LogP contribution is 2.35. The number of benzene rings is 2. The van der Waals surface area contributed by atoms with Crippen molar-refractivity contribution in [1.82, 2.24) is 20.3 Å². The second kappa shape index (κ2) is 11.5. The van der Waals surface area contributed by atoms with E-state index in [1.54, 1.807) is 43.5 Å². The molecule has 12 heteroatoms. The van der Waals surface area contributed by atoms with Gasteiger partial charge in [0.05, 0.1) is 22.0 Å². The summed E-state index contributed by atoms with van der Waals surface area (Å²) < 4.78 is 49.2. The van der Waals surface area contributed by atoms with Gasteiger partial charge in [0.15, 0.2) is 11.6 Å². The Bertz CT molecular complexity index is 1580. The van der Waals surface area contributed by atoms with E-state index in [0.717, 1.165) is 32.0 Å². The molecule has 1 saturated heterocycles. The quantitative estimate of drug-likeness (QED) is 0.259. The van der Waals surface area contributed by atoms with E-state index >= 15 is 4.39 Å². The van der Waals surface area contributed by atoms with Crippen molar-refractivity contribution in [3.63, 3.8) is 0 Å². The average Bonchev–Trinajstić information content (AvgIpc) is 2.92. The van der Waals surface area contributed by atoms with Crippen LogP contribution in [-0.4, -0.2) is 42.5 Å².